The Kier molecular flexibility index (Phi) is 6.41. The molecule has 1 fully saturated rings. The molecule has 2 N–H and O–H groups in total. The zero-order valence-corrected chi connectivity index (χ0v) is 12.2. The number of hydrogen-bond acceptors (Lipinski definition) is 3. The molecule has 1 aromatic heterocycles. The van der Waals surface area contributed by atoms with Crippen LogP contribution in [0.25, 0.3) is 0 Å². The van der Waals surface area contributed by atoms with Crippen molar-refractivity contribution in [2.45, 2.75) is 31.8 Å². The van der Waals surface area contributed by atoms with Gasteiger partial charge in [0.15, 0.2) is 0 Å². The summed E-state index contributed by atoms with van der Waals surface area (Å²) in [6, 6.07) is 4.67. The van der Waals surface area contributed by atoms with Crippen LogP contribution in [0.1, 0.15) is 24.8 Å². The van der Waals surface area contributed by atoms with E-state index in [0.29, 0.717) is 6.04 Å². The number of nitrogens with zero attached hydrogens (tertiary/aromatic N) is 2. The number of likely N-dealkylation sites (tertiary alicyclic amines) is 1. The van der Waals surface area contributed by atoms with Crippen LogP contribution in [0.5, 0.6) is 0 Å². The Morgan fingerprint density at radius 2 is 2.24 bits per heavy atom. The Bertz CT molecular complexity index is 331. The van der Waals surface area contributed by atoms with Crippen LogP contribution in [-0.4, -0.2) is 29.0 Å². The first kappa shape index (κ1) is 14.9. The molecule has 0 radical (unpaired) electrons. The summed E-state index contributed by atoms with van der Waals surface area (Å²) >= 11 is 3.35. The molecule has 96 valence electrons. The minimum atomic E-state index is 0. The van der Waals surface area contributed by atoms with Crippen LogP contribution in [0.4, 0.5) is 0 Å². The molecule has 1 atom stereocenters. The van der Waals surface area contributed by atoms with E-state index in [1.54, 1.807) is 0 Å². The third kappa shape index (κ3) is 4.21. The van der Waals surface area contributed by atoms with E-state index in [2.05, 4.69) is 31.9 Å². The average Bonchev–Trinajstić information content (AvgIpc) is 2.33. The smallest absolute Gasteiger partial charge is 0.106 e. The fourth-order valence-electron chi connectivity index (χ4n) is 2.27. The minimum absolute atomic E-state index is 0. The number of halogens is 2. The van der Waals surface area contributed by atoms with Gasteiger partial charge in [-0.05, 0) is 46.9 Å². The SMILES string of the molecule is Cl.NCC1CCCCN1Cc1ccc(Br)nc1. The molecule has 1 unspecified atom stereocenters. The first-order valence-electron chi connectivity index (χ1n) is 5.84. The summed E-state index contributed by atoms with van der Waals surface area (Å²) in [6.07, 6.45) is 5.78. The van der Waals surface area contributed by atoms with Crippen LogP contribution in [-0.2, 0) is 6.54 Å². The summed E-state index contributed by atoms with van der Waals surface area (Å²) in [5, 5.41) is 0. The largest absolute Gasteiger partial charge is 0.329 e. The molecule has 0 aliphatic carbocycles. The topological polar surface area (TPSA) is 42.1 Å². The van der Waals surface area contributed by atoms with Gasteiger partial charge in [-0.15, -0.1) is 12.4 Å². The molecule has 1 saturated heterocycles. The molecule has 3 nitrogen and oxygen atoms in total. The van der Waals surface area contributed by atoms with Crippen LogP contribution in [0, 0.1) is 0 Å². The molecule has 2 rings (SSSR count). The van der Waals surface area contributed by atoms with Gasteiger partial charge in [0.05, 0.1) is 0 Å². The van der Waals surface area contributed by atoms with Crippen molar-refractivity contribution in [2.75, 3.05) is 13.1 Å². The van der Waals surface area contributed by atoms with E-state index in [1.165, 1.54) is 24.8 Å². The van der Waals surface area contributed by atoms with Gasteiger partial charge in [0, 0.05) is 25.3 Å². The Morgan fingerprint density at radius 1 is 1.41 bits per heavy atom. The average molecular weight is 321 g/mol. The molecule has 0 bridgehead atoms. The quantitative estimate of drug-likeness (QED) is 0.870. The van der Waals surface area contributed by atoms with E-state index in [9.17, 15) is 0 Å². The fraction of sp³-hybridized carbons (Fsp3) is 0.583. The lowest BCUT2D eigenvalue weighted by atomic mass is 10.0. The van der Waals surface area contributed by atoms with Crippen molar-refractivity contribution in [3.05, 3.63) is 28.5 Å². The second-order valence-electron chi connectivity index (χ2n) is 4.34. The van der Waals surface area contributed by atoms with Crippen LogP contribution in [0.3, 0.4) is 0 Å². The summed E-state index contributed by atoms with van der Waals surface area (Å²) < 4.78 is 0.894. The first-order chi connectivity index (χ1) is 7.79. The van der Waals surface area contributed by atoms with Crippen molar-refractivity contribution in [3.63, 3.8) is 0 Å². The second kappa shape index (κ2) is 7.31. The molecule has 0 amide bonds. The molecule has 0 spiro atoms. The summed E-state index contributed by atoms with van der Waals surface area (Å²) in [6.45, 7) is 2.91. The third-order valence-corrected chi connectivity index (χ3v) is 3.66. The van der Waals surface area contributed by atoms with Gasteiger partial charge in [0.25, 0.3) is 0 Å². The Hall–Kier alpha value is -0.160. The number of rotatable bonds is 3. The van der Waals surface area contributed by atoms with Crippen LogP contribution in [0.15, 0.2) is 22.9 Å². The van der Waals surface area contributed by atoms with E-state index in [-0.39, 0.29) is 12.4 Å². The number of piperidine rings is 1. The summed E-state index contributed by atoms with van der Waals surface area (Å²) in [4.78, 5) is 6.73. The molecule has 17 heavy (non-hydrogen) atoms. The number of nitrogens with two attached hydrogens (primary N) is 1. The minimum Gasteiger partial charge on any atom is -0.329 e. The second-order valence-corrected chi connectivity index (χ2v) is 5.16. The molecule has 0 aromatic carbocycles. The highest BCUT2D eigenvalue weighted by Crippen LogP contribution is 2.19. The molecular formula is C12H19BrClN3. The summed E-state index contributed by atoms with van der Waals surface area (Å²) in [5.74, 6) is 0. The maximum Gasteiger partial charge on any atom is 0.106 e. The van der Waals surface area contributed by atoms with Crippen molar-refractivity contribution in [2.24, 2.45) is 5.73 Å². The monoisotopic (exact) mass is 319 g/mol. The highest BCUT2D eigenvalue weighted by atomic mass is 79.9. The molecule has 5 heteroatoms. The standard InChI is InChI=1S/C12H18BrN3.ClH/c13-12-5-4-10(8-15-12)9-16-6-2-1-3-11(16)7-14;/h4-5,8,11H,1-3,6-7,9,14H2;1H. The molecule has 0 saturated carbocycles. The number of hydrogen-bond donors (Lipinski definition) is 1. The van der Waals surface area contributed by atoms with E-state index >= 15 is 0 Å². The molecular weight excluding hydrogens is 302 g/mol. The maximum absolute atomic E-state index is 5.81. The van der Waals surface area contributed by atoms with Crippen LogP contribution < -0.4 is 5.73 Å². The maximum atomic E-state index is 5.81. The van der Waals surface area contributed by atoms with Gasteiger partial charge in [-0.3, -0.25) is 4.90 Å². The van der Waals surface area contributed by atoms with E-state index in [1.807, 2.05) is 12.3 Å². The molecule has 1 aromatic rings. The normalized spacial score (nSPS) is 20.9. The molecule has 1 aliphatic rings. The van der Waals surface area contributed by atoms with Crippen molar-refractivity contribution in [3.8, 4) is 0 Å². The van der Waals surface area contributed by atoms with Gasteiger partial charge in [0.1, 0.15) is 4.60 Å². The highest BCUT2D eigenvalue weighted by Gasteiger charge is 2.20. The zero-order chi connectivity index (χ0) is 11.4. The Morgan fingerprint density at radius 3 is 2.88 bits per heavy atom. The summed E-state index contributed by atoms with van der Waals surface area (Å²) in [5.41, 5.74) is 7.07. The van der Waals surface area contributed by atoms with Crippen molar-refractivity contribution in [1.29, 1.82) is 0 Å². The third-order valence-electron chi connectivity index (χ3n) is 3.20. The lowest BCUT2D eigenvalue weighted by Crippen LogP contribution is -2.43. The first-order valence-corrected chi connectivity index (χ1v) is 6.63. The lowest BCUT2D eigenvalue weighted by molar-refractivity contribution is 0.144. The Balaban J connectivity index is 0.00000144. The van der Waals surface area contributed by atoms with Gasteiger partial charge in [-0.1, -0.05) is 12.5 Å². The van der Waals surface area contributed by atoms with Gasteiger partial charge in [0.2, 0.25) is 0 Å². The zero-order valence-electron chi connectivity index (χ0n) is 9.81. The van der Waals surface area contributed by atoms with Gasteiger partial charge in [-0.2, -0.15) is 0 Å². The molecule has 2 heterocycles. The molecule has 1 aliphatic heterocycles. The highest BCUT2D eigenvalue weighted by molar-refractivity contribution is 9.10. The van der Waals surface area contributed by atoms with Gasteiger partial charge >= 0.3 is 0 Å². The number of pyridine rings is 1. The van der Waals surface area contributed by atoms with E-state index in [4.69, 9.17) is 5.73 Å². The summed E-state index contributed by atoms with van der Waals surface area (Å²) in [7, 11) is 0. The Labute approximate surface area is 117 Å². The fourth-order valence-corrected chi connectivity index (χ4v) is 2.50. The predicted molar refractivity (Wildman–Crippen MR) is 76.3 cm³/mol. The van der Waals surface area contributed by atoms with Crippen LogP contribution >= 0.6 is 28.3 Å². The van der Waals surface area contributed by atoms with Gasteiger partial charge < -0.3 is 5.73 Å². The van der Waals surface area contributed by atoms with Crippen molar-refractivity contribution in [1.82, 2.24) is 9.88 Å². The van der Waals surface area contributed by atoms with Gasteiger partial charge in [-0.25, -0.2) is 4.98 Å². The predicted octanol–water partition coefficient (Wildman–Crippen LogP) is 2.58. The van der Waals surface area contributed by atoms with Crippen molar-refractivity contribution >= 4 is 28.3 Å². The van der Waals surface area contributed by atoms with Crippen LogP contribution in [0.2, 0.25) is 0 Å². The van der Waals surface area contributed by atoms with E-state index < -0.39 is 0 Å². The van der Waals surface area contributed by atoms with Crippen molar-refractivity contribution < 1.29 is 0 Å². The lowest BCUT2D eigenvalue weighted by Gasteiger charge is -2.34. The number of aromatic nitrogens is 1. The van der Waals surface area contributed by atoms with E-state index in [0.717, 1.165) is 24.2 Å².